The van der Waals surface area contributed by atoms with Crippen LogP contribution in [0.15, 0.2) is 47.3 Å². The zero-order chi connectivity index (χ0) is 22.2. The molecular weight excluding hydrogens is 418 g/mol. The molecule has 2 aliphatic heterocycles. The molecule has 4 aromatic heterocycles. The summed E-state index contributed by atoms with van der Waals surface area (Å²) in [5.74, 6) is 3.00. The number of piperidine rings is 2. The Morgan fingerprint density at radius 3 is 2.64 bits per heavy atom. The lowest BCUT2D eigenvalue weighted by molar-refractivity contribution is 0.156. The van der Waals surface area contributed by atoms with Gasteiger partial charge in [-0.15, -0.1) is 5.10 Å². The molecule has 4 aromatic rings. The van der Waals surface area contributed by atoms with E-state index in [0.717, 1.165) is 39.1 Å². The molecule has 0 spiro atoms. The summed E-state index contributed by atoms with van der Waals surface area (Å²) in [6.07, 6.45) is 10.8. The number of hydrogen-bond acceptors (Lipinski definition) is 8. The fraction of sp³-hybridized carbons (Fsp3) is 0.478. The molecular formula is C23H29N9O. The van der Waals surface area contributed by atoms with Gasteiger partial charge < -0.3 is 24.5 Å². The number of fused-ring (bicyclic) bond motifs is 1. The van der Waals surface area contributed by atoms with Crippen LogP contribution in [0.1, 0.15) is 31.7 Å². The maximum absolute atomic E-state index is 6.21. The first-order chi connectivity index (χ1) is 16.2. The molecule has 0 aliphatic carbocycles. The van der Waals surface area contributed by atoms with Crippen molar-refractivity contribution < 1.29 is 4.42 Å². The predicted octanol–water partition coefficient (Wildman–Crippen LogP) is 2.72. The molecule has 6 rings (SSSR count). The van der Waals surface area contributed by atoms with Gasteiger partial charge >= 0.3 is 0 Å². The van der Waals surface area contributed by atoms with Gasteiger partial charge in [-0.2, -0.15) is 19.5 Å². The summed E-state index contributed by atoms with van der Waals surface area (Å²) in [6.45, 7) is 5.31. The van der Waals surface area contributed by atoms with Crippen LogP contribution >= 0.6 is 0 Å². The minimum atomic E-state index is 0.287. The number of rotatable bonds is 5. The van der Waals surface area contributed by atoms with Crippen LogP contribution in [0.2, 0.25) is 0 Å². The molecule has 0 amide bonds. The zero-order valence-electron chi connectivity index (χ0n) is 18.6. The summed E-state index contributed by atoms with van der Waals surface area (Å²) in [5, 5.41) is 4.39. The quantitative estimate of drug-likeness (QED) is 0.498. The highest BCUT2D eigenvalue weighted by Gasteiger charge is 2.27. The third-order valence-corrected chi connectivity index (χ3v) is 6.89. The van der Waals surface area contributed by atoms with E-state index in [2.05, 4.69) is 58.9 Å². The molecule has 0 bridgehead atoms. The van der Waals surface area contributed by atoms with E-state index in [1.807, 2.05) is 6.07 Å². The highest BCUT2D eigenvalue weighted by molar-refractivity contribution is 5.53. The zero-order valence-corrected chi connectivity index (χ0v) is 18.6. The first-order valence-corrected chi connectivity index (χ1v) is 11.8. The molecule has 172 valence electrons. The molecule has 2 fully saturated rings. The van der Waals surface area contributed by atoms with Crippen LogP contribution < -0.4 is 10.6 Å². The molecule has 10 nitrogen and oxygen atoms in total. The van der Waals surface area contributed by atoms with Crippen molar-refractivity contribution in [3.63, 3.8) is 0 Å². The minimum absolute atomic E-state index is 0.287. The van der Waals surface area contributed by atoms with Crippen molar-refractivity contribution in [2.75, 3.05) is 43.4 Å². The number of hydrogen-bond donors (Lipinski definition) is 1. The number of furan rings is 1. The van der Waals surface area contributed by atoms with E-state index in [-0.39, 0.29) is 5.95 Å². The highest BCUT2D eigenvalue weighted by Crippen LogP contribution is 2.27. The number of aromatic nitrogens is 6. The molecule has 2 N–H and O–H groups in total. The third-order valence-electron chi connectivity index (χ3n) is 6.89. The van der Waals surface area contributed by atoms with Crippen LogP contribution in [-0.4, -0.2) is 66.8 Å². The fourth-order valence-electron chi connectivity index (χ4n) is 5.20. The molecule has 2 saturated heterocycles. The van der Waals surface area contributed by atoms with Crippen molar-refractivity contribution in [2.45, 2.75) is 31.7 Å². The summed E-state index contributed by atoms with van der Waals surface area (Å²) in [7, 11) is 0. The van der Waals surface area contributed by atoms with Gasteiger partial charge in [0.1, 0.15) is 0 Å². The SMILES string of the molecule is Nc1nc(N2CCC[C@@H](CN3CCC(n4cccc4)CC3)C2)nc2nc(-c3ccco3)nn12. The second-order valence-electron chi connectivity index (χ2n) is 9.12. The Hall–Kier alpha value is -3.40. The predicted molar refractivity (Wildman–Crippen MR) is 125 cm³/mol. The Labute approximate surface area is 192 Å². The maximum Gasteiger partial charge on any atom is 0.259 e. The van der Waals surface area contributed by atoms with E-state index in [0.29, 0.717) is 35.3 Å². The lowest BCUT2D eigenvalue weighted by Crippen LogP contribution is -2.44. The van der Waals surface area contributed by atoms with Crippen LogP contribution in [-0.2, 0) is 0 Å². The molecule has 2 aliphatic rings. The lowest BCUT2D eigenvalue weighted by Gasteiger charge is -2.38. The van der Waals surface area contributed by atoms with Gasteiger partial charge in [0, 0.05) is 51.2 Å². The van der Waals surface area contributed by atoms with Crippen LogP contribution in [0.5, 0.6) is 0 Å². The van der Waals surface area contributed by atoms with Gasteiger partial charge in [0.05, 0.1) is 6.26 Å². The molecule has 33 heavy (non-hydrogen) atoms. The largest absolute Gasteiger partial charge is 0.461 e. The number of nitrogens with two attached hydrogens (primary N) is 1. The van der Waals surface area contributed by atoms with Gasteiger partial charge in [-0.3, -0.25) is 0 Å². The van der Waals surface area contributed by atoms with E-state index in [1.165, 1.54) is 23.8 Å². The van der Waals surface area contributed by atoms with E-state index in [4.69, 9.17) is 10.2 Å². The summed E-state index contributed by atoms with van der Waals surface area (Å²) < 4.78 is 9.24. The summed E-state index contributed by atoms with van der Waals surface area (Å²) in [4.78, 5) is 18.6. The van der Waals surface area contributed by atoms with Crippen LogP contribution in [0, 0.1) is 5.92 Å². The standard InChI is InChI=1S/C23H29N9O/c24-21-26-22(27-23-25-20(28-32(21)23)19-6-4-14-33-19)31-11-3-5-17(16-31)15-29-12-7-18(8-13-29)30-9-1-2-10-30/h1-2,4,6,9-10,14,17-18H,3,5,7-8,11-13,15-16H2,(H2,24,25,26,27,28)/t17-/m0/s1. The average Bonchev–Trinajstić information content (AvgIpc) is 3.61. The second-order valence-corrected chi connectivity index (χ2v) is 9.12. The van der Waals surface area contributed by atoms with Crippen molar-refractivity contribution in [1.29, 1.82) is 0 Å². The molecule has 6 heterocycles. The van der Waals surface area contributed by atoms with Crippen LogP contribution in [0.25, 0.3) is 17.4 Å². The first-order valence-electron chi connectivity index (χ1n) is 11.8. The number of likely N-dealkylation sites (tertiary alicyclic amines) is 1. The molecule has 0 radical (unpaired) electrons. The van der Waals surface area contributed by atoms with Crippen LogP contribution in [0.3, 0.4) is 0 Å². The van der Waals surface area contributed by atoms with Crippen molar-refractivity contribution in [1.82, 2.24) is 34.0 Å². The average molecular weight is 448 g/mol. The number of anilines is 2. The van der Waals surface area contributed by atoms with Gasteiger partial charge in [0.15, 0.2) is 5.76 Å². The molecule has 0 aromatic carbocycles. The Morgan fingerprint density at radius 1 is 1.00 bits per heavy atom. The van der Waals surface area contributed by atoms with E-state index < -0.39 is 0 Å². The lowest BCUT2D eigenvalue weighted by atomic mass is 9.96. The fourth-order valence-corrected chi connectivity index (χ4v) is 5.20. The van der Waals surface area contributed by atoms with Crippen molar-refractivity contribution in [3.05, 3.63) is 42.9 Å². The summed E-state index contributed by atoms with van der Waals surface area (Å²) in [6, 6.07) is 8.49. The van der Waals surface area contributed by atoms with E-state index in [1.54, 1.807) is 12.3 Å². The Bertz CT molecular complexity index is 1190. The highest BCUT2D eigenvalue weighted by atomic mass is 16.3. The smallest absolute Gasteiger partial charge is 0.259 e. The van der Waals surface area contributed by atoms with Crippen LogP contribution in [0.4, 0.5) is 11.9 Å². The van der Waals surface area contributed by atoms with E-state index >= 15 is 0 Å². The first kappa shape index (κ1) is 20.2. The van der Waals surface area contributed by atoms with Gasteiger partial charge in [0.25, 0.3) is 5.78 Å². The van der Waals surface area contributed by atoms with Gasteiger partial charge in [0.2, 0.25) is 17.7 Å². The molecule has 0 saturated carbocycles. The Balaban J connectivity index is 1.12. The maximum atomic E-state index is 6.21. The van der Waals surface area contributed by atoms with E-state index in [9.17, 15) is 0 Å². The number of nitrogen functional groups attached to an aromatic ring is 1. The third kappa shape index (κ3) is 4.06. The molecule has 0 unspecified atom stereocenters. The minimum Gasteiger partial charge on any atom is -0.461 e. The summed E-state index contributed by atoms with van der Waals surface area (Å²) in [5.41, 5.74) is 6.21. The van der Waals surface area contributed by atoms with Gasteiger partial charge in [-0.25, -0.2) is 0 Å². The second kappa shape index (κ2) is 8.51. The Kier molecular flexibility index (Phi) is 5.21. The van der Waals surface area contributed by atoms with Gasteiger partial charge in [-0.05, 0) is 55.9 Å². The topological polar surface area (TPSA) is 107 Å². The number of nitrogens with zero attached hydrogens (tertiary/aromatic N) is 8. The monoisotopic (exact) mass is 447 g/mol. The normalized spacial score (nSPS) is 20.6. The summed E-state index contributed by atoms with van der Waals surface area (Å²) >= 11 is 0. The molecule has 10 heteroatoms. The van der Waals surface area contributed by atoms with Crippen molar-refractivity contribution in [2.24, 2.45) is 5.92 Å². The Morgan fingerprint density at radius 2 is 1.85 bits per heavy atom. The van der Waals surface area contributed by atoms with Gasteiger partial charge in [-0.1, -0.05) is 0 Å². The molecule has 1 atom stereocenters. The van der Waals surface area contributed by atoms with Crippen molar-refractivity contribution in [3.8, 4) is 11.6 Å². The van der Waals surface area contributed by atoms with Crippen molar-refractivity contribution >= 4 is 17.7 Å².